The summed E-state index contributed by atoms with van der Waals surface area (Å²) in [5.41, 5.74) is 14.4. The van der Waals surface area contributed by atoms with E-state index in [0.717, 1.165) is 72.6 Å². The van der Waals surface area contributed by atoms with Gasteiger partial charge >= 0.3 is 0 Å². The largest absolute Gasteiger partial charge is 0.501 e. The van der Waals surface area contributed by atoms with Crippen molar-refractivity contribution >= 4 is 46.4 Å². The normalized spacial score (nSPS) is 12.2. The second-order valence-electron chi connectivity index (χ2n) is 17.6. The number of rotatable bonds is 8. The molecule has 0 bridgehead atoms. The van der Waals surface area contributed by atoms with Gasteiger partial charge in [0.1, 0.15) is 5.58 Å². The van der Waals surface area contributed by atoms with Crippen LogP contribution in [0.25, 0.3) is 72.6 Å². The quantitative estimate of drug-likeness (QED) is 0.112. The number of imidazole rings is 1. The Bertz CT molecular complexity index is 2980. The fourth-order valence-corrected chi connectivity index (χ4v) is 9.67. The van der Waals surface area contributed by atoms with Crippen LogP contribution in [-0.4, -0.2) is 27.6 Å². The molecule has 7 heteroatoms. The summed E-state index contributed by atoms with van der Waals surface area (Å²) in [6, 6.07) is 46.3. The van der Waals surface area contributed by atoms with Crippen molar-refractivity contribution in [3.05, 3.63) is 162 Å². The molecule has 311 valence electrons. The van der Waals surface area contributed by atoms with E-state index in [1.807, 2.05) is 74.8 Å². The van der Waals surface area contributed by atoms with Crippen LogP contribution in [-0.2, 0) is 20.1 Å². The number of hydrogen-bond acceptors (Lipinski definition) is 4. The maximum atomic E-state index is 8.44. The van der Waals surface area contributed by atoms with Crippen LogP contribution in [0.1, 0.15) is 82.9 Å². The standard InChI is InChI=1S/C37H32N3O.C17H22NSi.Ir/c1-22(2)30-19-26(25-12-7-6-8-13-25)20-31(23(3)4)34(30)40-36(39-32-18-24(5)21-38-37(32)40)29-16-11-15-28-27-14-9-10-17-33(27)41-35(28)29;1-13(2)15-11-16(14-9-7-6-8-10-14)18-12-17(15)19(3,4)5;/h6-15,17-23H,1-5H3;6-9,11-13H,1-5H3;/q2*-1;/i;13D;. The number of hydrogen-bond donors (Lipinski definition) is 0. The molecule has 0 atom stereocenters. The molecule has 9 rings (SSSR count). The third-order valence-corrected chi connectivity index (χ3v) is 13.2. The number of aryl methyl sites for hydroxylation is 1. The first-order valence-corrected chi connectivity index (χ1v) is 24.5. The van der Waals surface area contributed by atoms with E-state index in [4.69, 9.17) is 15.8 Å². The van der Waals surface area contributed by atoms with Crippen molar-refractivity contribution in [2.75, 3.05) is 0 Å². The Morgan fingerprint density at radius 3 is 2.03 bits per heavy atom. The van der Waals surface area contributed by atoms with Crippen molar-refractivity contribution < 1.29 is 25.9 Å². The van der Waals surface area contributed by atoms with Gasteiger partial charge in [-0.2, -0.15) is 0 Å². The molecule has 0 fully saturated rings. The van der Waals surface area contributed by atoms with Gasteiger partial charge in [-0.15, -0.1) is 54.1 Å². The zero-order chi connectivity index (χ0) is 43.2. The smallest absolute Gasteiger partial charge is 0.155 e. The van der Waals surface area contributed by atoms with E-state index in [-0.39, 0.29) is 31.9 Å². The Morgan fingerprint density at radius 2 is 1.38 bits per heavy atom. The molecule has 0 amide bonds. The first kappa shape index (κ1) is 42.2. The van der Waals surface area contributed by atoms with Crippen molar-refractivity contribution in [2.24, 2.45) is 0 Å². The summed E-state index contributed by atoms with van der Waals surface area (Å²) < 4.78 is 17.2. The minimum absolute atomic E-state index is 0. The van der Waals surface area contributed by atoms with Gasteiger partial charge in [-0.1, -0.05) is 132 Å². The molecule has 0 saturated heterocycles. The van der Waals surface area contributed by atoms with Crippen molar-refractivity contribution in [3.63, 3.8) is 0 Å². The maximum Gasteiger partial charge on any atom is 0.155 e. The Labute approximate surface area is 377 Å². The molecule has 0 spiro atoms. The number of nitrogens with zero attached hydrogens (tertiary/aromatic N) is 4. The SMILES string of the molecule is Cc1cnc2c(c1)nc(-c1[c-]ccc3c1oc1ccccc13)n2-c1c(C(C)C)cc(-c2ccccc2)cc1C(C)C.[2H]C(C)(C)c1cc(-c2[c-]cccc2)ncc1[Si](C)(C)C.[Ir]. The average molecular weight is 996 g/mol. The van der Waals surface area contributed by atoms with Gasteiger partial charge in [0.15, 0.2) is 5.65 Å². The van der Waals surface area contributed by atoms with E-state index in [0.29, 0.717) is 0 Å². The molecule has 5 aromatic carbocycles. The fraction of sp³-hybridized carbons (Fsp3) is 0.241. The van der Waals surface area contributed by atoms with Crippen LogP contribution in [0.5, 0.6) is 0 Å². The molecule has 4 aromatic heterocycles. The minimum atomic E-state index is -1.50. The number of aromatic nitrogens is 4. The molecule has 9 aromatic rings. The summed E-state index contributed by atoms with van der Waals surface area (Å²) in [4.78, 5) is 14.8. The summed E-state index contributed by atoms with van der Waals surface area (Å²) in [6.45, 7) is 21.9. The molecule has 0 aliphatic rings. The molecule has 0 aliphatic heterocycles. The summed E-state index contributed by atoms with van der Waals surface area (Å²) in [6.07, 6.45) is 3.91. The van der Waals surface area contributed by atoms with Gasteiger partial charge in [0.2, 0.25) is 0 Å². The monoisotopic (exact) mass is 996 g/mol. The van der Waals surface area contributed by atoms with Gasteiger partial charge in [0, 0.05) is 44.9 Å². The molecular weight excluding hydrogens is 941 g/mol. The van der Waals surface area contributed by atoms with Crippen LogP contribution in [0.2, 0.25) is 19.6 Å². The molecule has 61 heavy (non-hydrogen) atoms. The molecule has 0 saturated carbocycles. The van der Waals surface area contributed by atoms with Crippen LogP contribution in [0.4, 0.5) is 0 Å². The molecule has 0 unspecified atom stereocenters. The van der Waals surface area contributed by atoms with Gasteiger partial charge in [-0.25, -0.2) is 4.98 Å². The third kappa shape index (κ3) is 8.70. The number of para-hydroxylation sites is 1. The minimum Gasteiger partial charge on any atom is -0.501 e. The van der Waals surface area contributed by atoms with E-state index < -0.39 is 14.0 Å². The van der Waals surface area contributed by atoms with Crippen LogP contribution in [0.15, 0.2) is 132 Å². The molecule has 0 N–H and O–H groups in total. The Balaban J connectivity index is 0.000000233. The van der Waals surface area contributed by atoms with Gasteiger partial charge in [-0.3, -0.25) is 4.98 Å². The van der Waals surface area contributed by atoms with E-state index in [1.54, 1.807) is 0 Å². The second-order valence-corrected chi connectivity index (χ2v) is 22.7. The Morgan fingerprint density at radius 1 is 0.689 bits per heavy atom. The van der Waals surface area contributed by atoms with Crippen LogP contribution >= 0.6 is 0 Å². The van der Waals surface area contributed by atoms with Crippen molar-refractivity contribution in [3.8, 4) is 39.5 Å². The predicted molar refractivity (Wildman–Crippen MR) is 254 cm³/mol. The van der Waals surface area contributed by atoms with Crippen molar-refractivity contribution in [1.82, 2.24) is 19.5 Å². The van der Waals surface area contributed by atoms with Gasteiger partial charge in [0.25, 0.3) is 0 Å². The predicted octanol–water partition coefficient (Wildman–Crippen LogP) is 14.2. The molecule has 5 nitrogen and oxygen atoms in total. The van der Waals surface area contributed by atoms with Gasteiger partial charge in [0.05, 0.1) is 25.0 Å². The number of pyridine rings is 2. The molecule has 0 aliphatic carbocycles. The van der Waals surface area contributed by atoms with E-state index in [2.05, 4.69) is 143 Å². The van der Waals surface area contributed by atoms with Gasteiger partial charge in [-0.05, 0) is 87.6 Å². The summed E-state index contributed by atoms with van der Waals surface area (Å²) in [5, 5.41) is 3.43. The topological polar surface area (TPSA) is 56.7 Å². The summed E-state index contributed by atoms with van der Waals surface area (Å²) >= 11 is 0. The van der Waals surface area contributed by atoms with Crippen LogP contribution in [0, 0.1) is 19.1 Å². The van der Waals surface area contributed by atoms with Crippen LogP contribution < -0.4 is 5.19 Å². The fourth-order valence-electron chi connectivity index (χ4n) is 8.08. The van der Waals surface area contributed by atoms with Crippen LogP contribution in [0.3, 0.4) is 0 Å². The number of benzene rings is 5. The van der Waals surface area contributed by atoms with E-state index in [1.165, 1.54) is 27.4 Å². The zero-order valence-corrected chi connectivity index (χ0v) is 40.2. The van der Waals surface area contributed by atoms with Crippen molar-refractivity contribution in [2.45, 2.75) is 85.8 Å². The molecule has 4 heterocycles. The third-order valence-electron chi connectivity index (χ3n) is 11.2. The first-order valence-electron chi connectivity index (χ1n) is 21.5. The Hall–Kier alpha value is -5.46. The summed E-state index contributed by atoms with van der Waals surface area (Å²) in [5.74, 6) is 0.724. The number of fused-ring (bicyclic) bond motifs is 4. The molecule has 1 radical (unpaired) electrons. The molecular formula is C54H54IrN4OSi-2. The van der Waals surface area contributed by atoms with Crippen molar-refractivity contribution in [1.29, 1.82) is 0 Å². The van der Waals surface area contributed by atoms with E-state index >= 15 is 0 Å². The van der Waals surface area contributed by atoms with Gasteiger partial charge < -0.3 is 14.0 Å². The first-order chi connectivity index (χ1) is 29.1. The summed E-state index contributed by atoms with van der Waals surface area (Å²) in [7, 11) is -1.50. The van der Waals surface area contributed by atoms with E-state index in [9.17, 15) is 0 Å². The average Bonchev–Trinajstić information content (AvgIpc) is 3.81. The maximum absolute atomic E-state index is 8.44. The second kappa shape index (κ2) is 17.9. The Kier molecular flexibility index (Phi) is 12.4. The zero-order valence-electron chi connectivity index (χ0n) is 37.8. The number of furan rings is 1.